The van der Waals surface area contributed by atoms with Gasteiger partial charge in [0.05, 0.1) is 13.2 Å². The third-order valence-corrected chi connectivity index (χ3v) is 4.25. The molecule has 0 aliphatic heterocycles. The quantitative estimate of drug-likeness (QED) is 0.280. The van der Waals surface area contributed by atoms with Crippen LogP contribution in [0.15, 0.2) is 30.3 Å². The van der Waals surface area contributed by atoms with Crippen molar-refractivity contribution < 1.29 is 23.8 Å². The number of hydrogen-bond acceptors (Lipinski definition) is 5. The number of carbonyl (C=O) groups excluding carboxylic acids is 2. The van der Waals surface area contributed by atoms with E-state index in [4.69, 9.17) is 14.2 Å². The van der Waals surface area contributed by atoms with Crippen molar-refractivity contribution in [3.8, 4) is 0 Å². The second kappa shape index (κ2) is 12.6. The third kappa shape index (κ3) is 7.27. The Bertz CT molecular complexity index is 556. The molecule has 0 radical (unpaired) electrons. The van der Waals surface area contributed by atoms with Crippen LogP contribution in [0.1, 0.15) is 59.4 Å². The maximum atomic E-state index is 13.2. The van der Waals surface area contributed by atoms with E-state index in [2.05, 4.69) is 0 Å². The summed E-state index contributed by atoms with van der Waals surface area (Å²) < 4.78 is 16.7. The highest BCUT2D eigenvalue weighted by Crippen LogP contribution is 2.33. The molecule has 0 N–H and O–H groups in total. The molecule has 1 rings (SSSR count). The van der Waals surface area contributed by atoms with E-state index in [9.17, 15) is 9.59 Å². The lowest BCUT2D eigenvalue weighted by Crippen LogP contribution is -2.47. The Balaban J connectivity index is 3.19. The molecule has 0 unspecified atom stereocenters. The van der Waals surface area contributed by atoms with E-state index in [1.807, 2.05) is 52.8 Å². The number of rotatable bonds is 13. The minimum atomic E-state index is -1.47. The highest BCUT2D eigenvalue weighted by molar-refractivity contribution is 6.06. The largest absolute Gasteiger partial charge is 0.464 e. The van der Waals surface area contributed by atoms with Gasteiger partial charge in [-0.2, -0.15) is 0 Å². The van der Waals surface area contributed by atoms with Crippen LogP contribution in [0.3, 0.4) is 0 Å². The number of esters is 2. The van der Waals surface area contributed by atoms with E-state index in [-0.39, 0.29) is 31.5 Å². The van der Waals surface area contributed by atoms with Crippen molar-refractivity contribution in [2.24, 2.45) is 11.8 Å². The molecular formula is C23H36O5. The van der Waals surface area contributed by atoms with Crippen LogP contribution >= 0.6 is 0 Å². The molecule has 1 aromatic carbocycles. The van der Waals surface area contributed by atoms with E-state index in [0.717, 1.165) is 6.42 Å². The van der Waals surface area contributed by atoms with Crippen molar-refractivity contribution in [1.82, 2.24) is 0 Å². The summed E-state index contributed by atoms with van der Waals surface area (Å²) in [4.78, 5) is 26.4. The molecule has 0 saturated carbocycles. The molecule has 0 heterocycles. The van der Waals surface area contributed by atoms with E-state index in [1.165, 1.54) is 0 Å². The summed E-state index contributed by atoms with van der Waals surface area (Å²) in [6.45, 7) is 11.6. The number of ether oxygens (including phenoxy) is 3. The molecule has 0 bridgehead atoms. The van der Waals surface area contributed by atoms with Crippen molar-refractivity contribution in [1.29, 1.82) is 0 Å². The highest BCUT2D eigenvalue weighted by atomic mass is 16.6. The van der Waals surface area contributed by atoms with Crippen molar-refractivity contribution in [2.45, 2.75) is 59.3 Å². The van der Waals surface area contributed by atoms with E-state index < -0.39 is 17.4 Å². The zero-order valence-electron chi connectivity index (χ0n) is 18.0. The summed E-state index contributed by atoms with van der Waals surface area (Å²) in [5.74, 6) is -0.734. The fourth-order valence-corrected chi connectivity index (χ4v) is 2.81. The first-order valence-corrected chi connectivity index (χ1v) is 10.3. The van der Waals surface area contributed by atoms with Gasteiger partial charge in [-0.3, -0.25) is 9.59 Å². The van der Waals surface area contributed by atoms with Gasteiger partial charge >= 0.3 is 11.9 Å². The second-order valence-electron chi connectivity index (χ2n) is 7.97. The lowest BCUT2D eigenvalue weighted by atomic mass is 9.76. The molecule has 0 saturated heterocycles. The predicted molar refractivity (Wildman–Crippen MR) is 110 cm³/mol. The maximum Gasteiger partial charge on any atom is 0.328 e. The van der Waals surface area contributed by atoms with Gasteiger partial charge in [0.25, 0.3) is 0 Å². The minimum absolute atomic E-state index is 0.178. The van der Waals surface area contributed by atoms with E-state index >= 15 is 0 Å². The Morgan fingerprint density at radius 2 is 1.43 bits per heavy atom. The second-order valence-corrected chi connectivity index (χ2v) is 7.97. The van der Waals surface area contributed by atoms with Gasteiger partial charge < -0.3 is 14.2 Å². The van der Waals surface area contributed by atoms with Gasteiger partial charge in [0, 0.05) is 13.2 Å². The van der Waals surface area contributed by atoms with Gasteiger partial charge in [0.15, 0.2) is 5.41 Å². The third-order valence-electron chi connectivity index (χ3n) is 4.25. The number of benzene rings is 1. The van der Waals surface area contributed by atoms with E-state index in [0.29, 0.717) is 25.2 Å². The smallest absolute Gasteiger partial charge is 0.328 e. The lowest BCUT2D eigenvalue weighted by Gasteiger charge is -2.30. The molecule has 0 aliphatic rings. The van der Waals surface area contributed by atoms with Gasteiger partial charge in [-0.15, -0.1) is 0 Å². The molecule has 5 nitrogen and oxygen atoms in total. The van der Waals surface area contributed by atoms with Crippen molar-refractivity contribution in [3.05, 3.63) is 35.9 Å². The molecule has 0 amide bonds. The first-order valence-electron chi connectivity index (χ1n) is 10.3. The SMILES string of the molecule is CCCOCCCC(C(=O)OCC(C)C)(C(=O)OCC(C)C)c1ccccc1. The number of hydrogen-bond donors (Lipinski definition) is 0. The van der Waals surface area contributed by atoms with Crippen LogP contribution in [0, 0.1) is 11.8 Å². The van der Waals surface area contributed by atoms with Gasteiger partial charge in [0.1, 0.15) is 0 Å². The van der Waals surface area contributed by atoms with Crippen LogP contribution in [0.25, 0.3) is 0 Å². The van der Waals surface area contributed by atoms with Crippen LogP contribution in [0.5, 0.6) is 0 Å². The zero-order valence-corrected chi connectivity index (χ0v) is 18.0. The Morgan fingerprint density at radius 1 is 0.893 bits per heavy atom. The topological polar surface area (TPSA) is 61.8 Å². The summed E-state index contributed by atoms with van der Waals surface area (Å²) in [6, 6.07) is 9.09. The van der Waals surface area contributed by atoms with E-state index in [1.54, 1.807) is 12.1 Å². The van der Waals surface area contributed by atoms with Crippen LogP contribution in [-0.2, 0) is 29.2 Å². The molecule has 0 atom stereocenters. The molecule has 1 aromatic rings. The molecular weight excluding hydrogens is 356 g/mol. The standard InChI is InChI=1S/C23H36O5/c1-6-14-26-15-10-13-23(20-11-8-7-9-12-20,21(24)27-16-18(2)3)22(25)28-17-19(4)5/h7-9,11-12,18-19H,6,10,13-17H2,1-5H3. The predicted octanol–water partition coefficient (Wildman–Crippen LogP) is 4.53. The lowest BCUT2D eigenvalue weighted by molar-refractivity contribution is -0.167. The Morgan fingerprint density at radius 3 is 1.89 bits per heavy atom. The monoisotopic (exact) mass is 392 g/mol. The zero-order chi connectivity index (χ0) is 21.0. The summed E-state index contributed by atoms with van der Waals surface area (Å²) in [6.07, 6.45) is 1.77. The van der Waals surface area contributed by atoms with Crippen molar-refractivity contribution in [3.63, 3.8) is 0 Å². The average molecular weight is 393 g/mol. The van der Waals surface area contributed by atoms with Gasteiger partial charge in [-0.05, 0) is 36.7 Å². The van der Waals surface area contributed by atoms with Crippen molar-refractivity contribution >= 4 is 11.9 Å². The van der Waals surface area contributed by atoms with Crippen LogP contribution in [-0.4, -0.2) is 38.4 Å². The normalized spacial score (nSPS) is 11.7. The van der Waals surface area contributed by atoms with Crippen molar-refractivity contribution in [2.75, 3.05) is 26.4 Å². The molecule has 0 aromatic heterocycles. The summed E-state index contributed by atoms with van der Waals surface area (Å²) in [7, 11) is 0. The minimum Gasteiger partial charge on any atom is -0.464 e. The Labute approximate surface area is 169 Å². The Hall–Kier alpha value is -1.88. The Kier molecular flexibility index (Phi) is 10.8. The molecule has 0 spiro atoms. The van der Waals surface area contributed by atoms with Gasteiger partial charge in [-0.25, -0.2) is 0 Å². The highest BCUT2D eigenvalue weighted by Gasteiger charge is 2.50. The average Bonchev–Trinajstić information content (AvgIpc) is 2.68. The fraction of sp³-hybridized carbons (Fsp3) is 0.652. The van der Waals surface area contributed by atoms with Crippen LogP contribution in [0.4, 0.5) is 0 Å². The number of carbonyl (C=O) groups is 2. The summed E-state index contributed by atoms with van der Waals surface area (Å²) in [5.41, 5.74) is -0.867. The summed E-state index contributed by atoms with van der Waals surface area (Å²) in [5, 5.41) is 0. The summed E-state index contributed by atoms with van der Waals surface area (Å²) >= 11 is 0. The maximum absolute atomic E-state index is 13.2. The van der Waals surface area contributed by atoms with Crippen LogP contribution < -0.4 is 0 Å². The first-order chi connectivity index (χ1) is 13.3. The molecule has 158 valence electrons. The molecule has 0 aliphatic carbocycles. The molecule has 28 heavy (non-hydrogen) atoms. The van der Waals surface area contributed by atoms with Crippen LogP contribution in [0.2, 0.25) is 0 Å². The van der Waals surface area contributed by atoms with Gasteiger partial charge in [0.2, 0.25) is 0 Å². The molecule has 5 heteroatoms. The molecule has 0 fully saturated rings. The first kappa shape index (κ1) is 24.2. The van der Waals surface area contributed by atoms with Gasteiger partial charge in [-0.1, -0.05) is 65.0 Å². The fourth-order valence-electron chi connectivity index (χ4n) is 2.81.